The second-order valence-electron chi connectivity index (χ2n) is 3.72. The van der Waals surface area contributed by atoms with Gasteiger partial charge in [0.15, 0.2) is 0 Å². The van der Waals surface area contributed by atoms with Crippen molar-refractivity contribution < 1.29 is 9.84 Å². The molecule has 90 valence electrons. The molecule has 5 heteroatoms. The van der Waals surface area contributed by atoms with Gasteiger partial charge in [-0.25, -0.2) is 4.98 Å². The summed E-state index contributed by atoms with van der Waals surface area (Å²) in [6.45, 7) is 4.50. The van der Waals surface area contributed by atoms with Crippen LogP contribution in [0.15, 0.2) is 6.07 Å². The monoisotopic (exact) mass is 244 g/mol. The predicted molar refractivity (Wildman–Crippen MR) is 65.1 cm³/mol. The Hall–Kier alpha value is -0.840. The highest BCUT2D eigenvalue weighted by molar-refractivity contribution is 6.30. The zero-order chi connectivity index (χ0) is 12.1. The minimum absolute atomic E-state index is 0.309. The first kappa shape index (κ1) is 13.2. The van der Waals surface area contributed by atoms with Gasteiger partial charge in [0.1, 0.15) is 5.15 Å². The molecule has 1 aromatic heterocycles. The fraction of sp³-hybridized carbons (Fsp3) is 0.545. The third-order valence-corrected chi connectivity index (χ3v) is 2.60. The molecule has 0 amide bonds. The molecule has 1 atom stereocenters. The molecule has 0 aromatic carbocycles. The summed E-state index contributed by atoms with van der Waals surface area (Å²) in [7, 11) is 1.56. The van der Waals surface area contributed by atoms with E-state index in [4.69, 9.17) is 16.3 Å². The van der Waals surface area contributed by atoms with Gasteiger partial charge in [-0.05, 0) is 19.9 Å². The van der Waals surface area contributed by atoms with Crippen molar-refractivity contribution >= 4 is 17.3 Å². The number of aryl methyl sites for hydroxylation is 1. The Balaban J connectivity index is 2.66. The number of rotatable bonds is 5. The van der Waals surface area contributed by atoms with Crippen LogP contribution in [0.1, 0.15) is 11.3 Å². The maximum absolute atomic E-state index is 9.50. The lowest BCUT2D eigenvalue weighted by atomic mass is 10.2. The van der Waals surface area contributed by atoms with Crippen LogP contribution in [-0.4, -0.2) is 36.5 Å². The van der Waals surface area contributed by atoms with E-state index in [2.05, 4.69) is 10.3 Å². The summed E-state index contributed by atoms with van der Waals surface area (Å²) in [4.78, 5) is 4.14. The molecule has 1 heterocycles. The van der Waals surface area contributed by atoms with Gasteiger partial charge in [-0.15, -0.1) is 0 Å². The predicted octanol–water partition coefficient (Wildman–Crippen LogP) is 1.77. The van der Waals surface area contributed by atoms with Gasteiger partial charge in [0, 0.05) is 30.6 Å². The molecule has 1 rings (SSSR count). The third-order valence-electron chi connectivity index (χ3n) is 2.23. The fourth-order valence-electron chi connectivity index (χ4n) is 1.36. The summed E-state index contributed by atoms with van der Waals surface area (Å²) < 4.78 is 4.84. The average molecular weight is 245 g/mol. The number of ether oxygens (including phenoxy) is 1. The summed E-state index contributed by atoms with van der Waals surface area (Å²) in [5.74, 6) is 0. The average Bonchev–Trinajstić information content (AvgIpc) is 2.21. The van der Waals surface area contributed by atoms with E-state index in [1.807, 2.05) is 19.9 Å². The maximum atomic E-state index is 9.50. The lowest BCUT2D eigenvalue weighted by Crippen LogP contribution is -2.24. The highest BCUT2D eigenvalue weighted by Crippen LogP contribution is 2.22. The molecule has 0 saturated heterocycles. The zero-order valence-corrected chi connectivity index (χ0v) is 10.5. The Morgan fingerprint density at radius 3 is 2.88 bits per heavy atom. The second kappa shape index (κ2) is 6.03. The Morgan fingerprint density at radius 1 is 1.56 bits per heavy atom. The SMILES string of the molecule is COC[C@@H](O)CNc1cc(C)nc(Cl)c1C. The van der Waals surface area contributed by atoms with Crippen molar-refractivity contribution in [3.05, 3.63) is 22.5 Å². The number of nitrogens with one attached hydrogen (secondary N) is 1. The highest BCUT2D eigenvalue weighted by atomic mass is 35.5. The van der Waals surface area contributed by atoms with Crippen LogP contribution in [0.4, 0.5) is 5.69 Å². The van der Waals surface area contributed by atoms with E-state index in [0.29, 0.717) is 18.3 Å². The molecule has 16 heavy (non-hydrogen) atoms. The normalized spacial score (nSPS) is 12.6. The molecule has 0 aliphatic carbocycles. The molecule has 1 aromatic rings. The van der Waals surface area contributed by atoms with Gasteiger partial charge in [0.25, 0.3) is 0 Å². The van der Waals surface area contributed by atoms with Crippen molar-refractivity contribution in [1.82, 2.24) is 4.98 Å². The third kappa shape index (κ3) is 3.63. The summed E-state index contributed by atoms with van der Waals surface area (Å²) in [5.41, 5.74) is 2.63. The molecule has 0 aliphatic heterocycles. The molecule has 2 N–H and O–H groups in total. The van der Waals surface area contributed by atoms with Crippen molar-refractivity contribution in [2.24, 2.45) is 0 Å². The minimum atomic E-state index is -0.531. The number of hydrogen-bond acceptors (Lipinski definition) is 4. The zero-order valence-electron chi connectivity index (χ0n) is 9.75. The van der Waals surface area contributed by atoms with Gasteiger partial charge in [-0.3, -0.25) is 0 Å². The van der Waals surface area contributed by atoms with Crippen molar-refractivity contribution in [1.29, 1.82) is 0 Å². The van der Waals surface area contributed by atoms with Gasteiger partial charge in [0.05, 0.1) is 12.7 Å². The molecule has 0 fully saturated rings. The van der Waals surface area contributed by atoms with Crippen LogP contribution in [0.3, 0.4) is 0 Å². The van der Waals surface area contributed by atoms with Crippen molar-refractivity contribution in [3.8, 4) is 0 Å². The van der Waals surface area contributed by atoms with Crippen molar-refractivity contribution in [2.45, 2.75) is 20.0 Å². The van der Waals surface area contributed by atoms with Crippen LogP contribution in [0.5, 0.6) is 0 Å². The van der Waals surface area contributed by atoms with Crippen LogP contribution in [0.2, 0.25) is 5.15 Å². The Kier molecular flexibility index (Phi) is 4.99. The Bertz CT molecular complexity index is 358. The van der Waals surface area contributed by atoms with Gasteiger partial charge in [-0.2, -0.15) is 0 Å². The van der Waals surface area contributed by atoms with Crippen molar-refractivity contribution in [3.63, 3.8) is 0 Å². The molecule has 0 bridgehead atoms. The molecule has 0 unspecified atom stereocenters. The molecule has 0 saturated carbocycles. The Morgan fingerprint density at radius 2 is 2.25 bits per heavy atom. The summed E-state index contributed by atoms with van der Waals surface area (Å²) >= 11 is 5.96. The summed E-state index contributed by atoms with van der Waals surface area (Å²) in [6, 6.07) is 1.90. The number of aliphatic hydroxyl groups excluding tert-OH is 1. The molecular formula is C11H17ClN2O2. The number of aromatic nitrogens is 1. The number of pyridine rings is 1. The van der Waals surface area contributed by atoms with Crippen LogP contribution in [0, 0.1) is 13.8 Å². The van der Waals surface area contributed by atoms with E-state index in [0.717, 1.165) is 16.9 Å². The van der Waals surface area contributed by atoms with Gasteiger partial charge >= 0.3 is 0 Å². The first-order valence-corrected chi connectivity index (χ1v) is 5.47. The standard InChI is InChI=1S/C11H17ClN2O2/c1-7-4-10(8(2)11(12)14-7)13-5-9(15)6-16-3/h4,9,15H,5-6H2,1-3H3,(H,13,14)/t9-/m0/s1. The van der Waals surface area contributed by atoms with E-state index >= 15 is 0 Å². The summed E-state index contributed by atoms with van der Waals surface area (Å²) in [6.07, 6.45) is -0.531. The van der Waals surface area contributed by atoms with E-state index in [1.165, 1.54) is 0 Å². The molecule has 0 aliphatic rings. The van der Waals surface area contributed by atoms with Gasteiger partial charge in [0.2, 0.25) is 0 Å². The molecule has 0 spiro atoms. The van der Waals surface area contributed by atoms with E-state index in [9.17, 15) is 5.11 Å². The second-order valence-corrected chi connectivity index (χ2v) is 4.08. The number of hydrogen-bond donors (Lipinski definition) is 2. The molecule has 0 radical (unpaired) electrons. The molecular weight excluding hydrogens is 228 g/mol. The first-order chi connectivity index (χ1) is 7.54. The number of anilines is 1. The number of aliphatic hydroxyl groups is 1. The van der Waals surface area contributed by atoms with Crippen LogP contribution in [-0.2, 0) is 4.74 Å². The smallest absolute Gasteiger partial charge is 0.134 e. The van der Waals surface area contributed by atoms with Crippen LogP contribution >= 0.6 is 11.6 Å². The van der Waals surface area contributed by atoms with E-state index < -0.39 is 6.10 Å². The Labute approximate surface area is 101 Å². The summed E-state index contributed by atoms with van der Waals surface area (Å²) in [5, 5.41) is 13.1. The molecule has 4 nitrogen and oxygen atoms in total. The number of nitrogens with zero attached hydrogens (tertiary/aromatic N) is 1. The number of methoxy groups -OCH3 is 1. The largest absolute Gasteiger partial charge is 0.389 e. The lowest BCUT2D eigenvalue weighted by Gasteiger charge is -2.14. The van der Waals surface area contributed by atoms with E-state index in [1.54, 1.807) is 7.11 Å². The quantitative estimate of drug-likeness (QED) is 0.776. The lowest BCUT2D eigenvalue weighted by molar-refractivity contribution is 0.0727. The minimum Gasteiger partial charge on any atom is -0.389 e. The topological polar surface area (TPSA) is 54.4 Å². The van der Waals surface area contributed by atoms with E-state index in [-0.39, 0.29) is 0 Å². The van der Waals surface area contributed by atoms with Crippen molar-refractivity contribution in [2.75, 3.05) is 25.6 Å². The van der Waals surface area contributed by atoms with Gasteiger partial charge < -0.3 is 15.2 Å². The maximum Gasteiger partial charge on any atom is 0.134 e. The fourth-order valence-corrected chi connectivity index (χ4v) is 1.60. The first-order valence-electron chi connectivity index (χ1n) is 5.09. The van der Waals surface area contributed by atoms with Crippen LogP contribution < -0.4 is 5.32 Å². The van der Waals surface area contributed by atoms with Gasteiger partial charge in [-0.1, -0.05) is 11.6 Å². The number of halogens is 1. The van der Waals surface area contributed by atoms with Crippen LogP contribution in [0.25, 0.3) is 0 Å². The highest BCUT2D eigenvalue weighted by Gasteiger charge is 2.07.